The summed E-state index contributed by atoms with van der Waals surface area (Å²) in [5, 5.41) is 3.16. The molecule has 2 N–H and O–H groups in total. The summed E-state index contributed by atoms with van der Waals surface area (Å²) in [5.74, 6) is 0. The minimum absolute atomic E-state index is 0.0995. The molecule has 1 unspecified atom stereocenters. The molecule has 2 aromatic heterocycles. The molecule has 1 atom stereocenters. The molecule has 2 rings (SSSR count). The van der Waals surface area contributed by atoms with Crippen LogP contribution in [0.5, 0.6) is 0 Å². The molecule has 0 aromatic carbocycles. The van der Waals surface area contributed by atoms with Crippen molar-refractivity contribution in [2.45, 2.75) is 32.7 Å². The van der Waals surface area contributed by atoms with Crippen molar-refractivity contribution < 1.29 is 0 Å². The molecule has 0 aliphatic heterocycles. The number of hydrogen-bond acceptors (Lipinski definition) is 4. The molecule has 0 saturated carbocycles. The van der Waals surface area contributed by atoms with Gasteiger partial charge >= 0.3 is 0 Å². The first kappa shape index (κ1) is 11.8. The lowest BCUT2D eigenvalue weighted by Gasteiger charge is -2.04. The van der Waals surface area contributed by atoms with Gasteiger partial charge in [0.2, 0.25) is 0 Å². The smallest absolute Gasteiger partial charge is 0.110 e. The quantitative estimate of drug-likeness (QED) is 0.894. The number of thiazole rings is 1. The summed E-state index contributed by atoms with van der Waals surface area (Å²) in [6.07, 6.45) is 2.12. The van der Waals surface area contributed by atoms with Crippen LogP contribution in [0.3, 0.4) is 0 Å². The standard InChI is InChI=1S/C12H16N2S2/c1-3-5-9(13)12-14-11(8(2)16-12)10-6-4-7-15-10/h4,6-7,9H,3,5,13H2,1-2H3. The van der Waals surface area contributed by atoms with Crippen LogP contribution in [0.4, 0.5) is 0 Å². The van der Waals surface area contributed by atoms with Gasteiger partial charge in [-0.15, -0.1) is 22.7 Å². The van der Waals surface area contributed by atoms with Gasteiger partial charge in [0, 0.05) is 4.88 Å². The third kappa shape index (κ3) is 2.34. The van der Waals surface area contributed by atoms with Crippen molar-refractivity contribution in [1.29, 1.82) is 0 Å². The van der Waals surface area contributed by atoms with E-state index in [1.165, 1.54) is 9.75 Å². The molecule has 0 saturated heterocycles. The van der Waals surface area contributed by atoms with E-state index in [1.54, 1.807) is 22.7 Å². The van der Waals surface area contributed by atoms with Gasteiger partial charge in [0.05, 0.1) is 16.6 Å². The van der Waals surface area contributed by atoms with Crippen LogP contribution in [0, 0.1) is 6.92 Å². The molecule has 0 radical (unpaired) electrons. The van der Waals surface area contributed by atoms with Crippen molar-refractivity contribution in [3.05, 3.63) is 27.4 Å². The lowest BCUT2D eigenvalue weighted by molar-refractivity contribution is 0.635. The van der Waals surface area contributed by atoms with Crippen LogP contribution in [0.2, 0.25) is 0 Å². The van der Waals surface area contributed by atoms with Crippen LogP contribution in [0.25, 0.3) is 10.6 Å². The van der Waals surface area contributed by atoms with E-state index < -0.39 is 0 Å². The summed E-state index contributed by atoms with van der Waals surface area (Å²) >= 11 is 3.46. The van der Waals surface area contributed by atoms with Crippen molar-refractivity contribution >= 4 is 22.7 Å². The number of nitrogens with two attached hydrogens (primary N) is 1. The summed E-state index contributed by atoms with van der Waals surface area (Å²) in [6, 6.07) is 4.27. The monoisotopic (exact) mass is 252 g/mol. The van der Waals surface area contributed by atoms with E-state index in [0.29, 0.717) is 0 Å². The Kier molecular flexibility index (Phi) is 3.74. The summed E-state index contributed by atoms with van der Waals surface area (Å²) in [7, 11) is 0. The highest BCUT2D eigenvalue weighted by Crippen LogP contribution is 2.33. The number of rotatable bonds is 4. The largest absolute Gasteiger partial charge is 0.322 e. The molecule has 0 bridgehead atoms. The Bertz CT molecular complexity index is 446. The van der Waals surface area contributed by atoms with Crippen molar-refractivity contribution in [1.82, 2.24) is 4.98 Å². The maximum Gasteiger partial charge on any atom is 0.110 e. The van der Waals surface area contributed by atoms with Gasteiger partial charge in [-0.1, -0.05) is 19.4 Å². The highest BCUT2D eigenvalue weighted by molar-refractivity contribution is 7.15. The van der Waals surface area contributed by atoms with Crippen molar-refractivity contribution in [3.63, 3.8) is 0 Å². The van der Waals surface area contributed by atoms with E-state index in [1.807, 2.05) is 0 Å². The molecular formula is C12H16N2S2. The van der Waals surface area contributed by atoms with E-state index in [0.717, 1.165) is 23.5 Å². The number of hydrogen-bond donors (Lipinski definition) is 1. The predicted molar refractivity (Wildman–Crippen MR) is 72.0 cm³/mol. The minimum Gasteiger partial charge on any atom is -0.322 e. The lowest BCUT2D eigenvalue weighted by Crippen LogP contribution is -2.08. The fourth-order valence-corrected chi connectivity index (χ4v) is 3.46. The Labute approximate surface area is 104 Å². The van der Waals surface area contributed by atoms with Crippen LogP contribution < -0.4 is 5.73 Å². The summed E-state index contributed by atoms with van der Waals surface area (Å²) in [6.45, 7) is 4.27. The molecule has 2 nitrogen and oxygen atoms in total. The highest BCUT2D eigenvalue weighted by atomic mass is 32.1. The van der Waals surface area contributed by atoms with Crippen LogP contribution >= 0.6 is 22.7 Å². The van der Waals surface area contributed by atoms with Gasteiger partial charge in [-0.3, -0.25) is 0 Å². The summed E-state index contributed by atoms with van der Waals surface area (Å²) < 4.78 is 0. The second-order valence-electron chi connectivity index (χ2n) is 3.83. The highest BCUT2D eigenvalue weighted by Gasteiger charge is 2.14. The molecule has 0 aliphatic carbocycles. The normalized spacial score (nSPS) is 12.9. The number of thiophene rings is 1. The fraction of sp³-hybridized carbons (Fsp3) is 0.417. The van der Waals surface area contributed by atoms with Gasteiger partial charge in [-0.05, 0) is 24.8 Å². The first-order chi connectivity index (χ1) is 7.72. The summed E-state index contributed by atoms with van der Waals surface area (Å²) in [5.41, 5.74) is 7.20. The van der Waals surface area contributed by atoms with Crippen LogP contribution in [-0.2, 0) is 0 Å². The number of nitrogens with zero attached hydrogens (tertiary/aromatic N) is 1. The molecule has 16 heavy (non-hydrogen) atoms. The average molecular weight is 252 g/mol. The molecular weight excluding hydrogens is 236 g/mol. The molecule has 0 spiro atoms. The lowest BCUT2D eigenvalue weighted by atomic mass is 10.2. The Balaban J connectivity index is 2.29. The molecule has 4 heteroatoms. The first-order valence-corrected chi connectivity index (χ1v) is 7.18. The second kappa shape index (κ2) is 5.08. The SMILES string of the molecule is CCCC(N)c1nc(-c2cccs2)c(C)s1. The maximum absolute atomic E-state index is 6.09. The van der Waals surface area contributed by atoms with E-state index in [9.17, 15) is 0 Å². The molecule has 86 valence electrons. The second-order valence-corrected chi connectivity index (χ2v) is 6.01. The topological polar surface area (TPSA) is 38.9 Å². The van der Waals surface area contributed by atoms with Gasteiger partial charge in [0.15, 0.2) is 0 Å². The van der Waals surface area contributed by atoms with Gasteiger partial charge in [-0.2, -0.15) is 0 Å². The Morgan fingerprint density at radius 3 is 2.94 bits per heavy atom. The van der Waals surface area contributed by atoms with Crippen molar-refractivity contribution in [2.75, 3.05) is 0 Å². The molecule has 0 amide bonds. The average Bonchev–Trinajstić information content (AvgIpc) is 2.86. The maximum atomic E-state index is 6.09. The Morgan fingerprint density at radius 2 is 2.31 bits per heavy atom. The predicted octanol–water partition coefficient (Wildman–Crippen LogP) is 3.98. The van der Waals surface area contributed by atoms with Crippen molar-refractivity contribution in [3.8, 4) is 10.6 Å². The zero-order valence-corrected chi connectivity index (χ0v) is 11.2. The summed E-state index contributed by atoms with van der Waals surface area (Å²) in [4.78, 5) is 7.18. The number of aromatic nitrogens is 1. The third-order valence-corrected chi connectivity index (χ3v) is 4.46. The molecule has 0 aliphatic rings. The Hall–Kier alpha value is -0.710. The van der Waals surface area contributed by atoms with E-state index in [-0.39, 0.29) is 6.04 Å². The van der Waals surface area contributed by atoms with Gasteiger partial charge in [0.1, 0.15) is 5.01 Å². The van der Waals surface area contributed by atoms with Crippen LogP contribution in [0.15, 0.2) is 17.5 Å². The molecule has 2 heterocycles. The van der Waals surface area contributed by atoms with Gasteiger partial charge in [0.25, 0.3) is 0 Å². The van der Waals surface area contributed by atoms with Crippen LogP contribution in [0.1, 0.15) is 35.7 Å². The van der Waals surface area contributed by atoms with Gasteiger partial charge in [-0.25, -0.2) is 4.98 Å². The van der Waals surface area contributed by atoms with Crippen molar-refractivity contribution in [2.24, 2.45) is 5.73 Å². The zero-order chi connectivity index (χ0) is 11.5. The number of aryl methyl sites for hydroxylation is 1. The van der Waals surface area contributed by atoms with E-state index in [4.69, 9.17) is 5.73 Å². The first-order valence-electron chi connectivity index (χ1n) is 5.49. The zero-order valence-electron chi connectivity index (χ0n) is 9.56. The third-order valence-electron chi connectivity index (χ3n) is 2.48. The molecule has 2 aromatic rings. The molecule has 0 fully saturated rings. The van der Waals surface area contributed by atoms with E-state index in [2.05, 4.69) is 36.3 Å². The van der Waals surface area contributed by atoms with Crippen LogP contribution in [-0.4, -0.2) is 4.98 Å². The van der Waals surface area contributed by atoms with E-state index >= 15 is 0 Å². The fourth-order valence-electron chi connectivity index (χ4n) is 1.65. The minimum atomic E-state index is 0.0995. The van der Waals surface area contributed by atoms with Gasteiger partial charge < -0.3 is 5.73 Å². The Morgan fingerprint density at radius 1 is 1.50 bits per heavy atom.